The Morgan fingerprint density at radius 3 is 2.75 bits per heavy atom. The maximum absolute atomic E-state index is 13.2. The van der Waals surface area contributed by atoms with Crippen LogP contribution < -0.4 is 11.3 Å². The largest absolute Gasteiger partial charge is 0.271 e. The Labute approximate surface area is 124 Å². The molecule has 2 rings (SSSR count). The van der Waals surface area contributed by atoms with Gasteiger partial charge in [0.2, 0.25) is 0 Å². The highest BCUT2D eigenvalue weighted by atomic mass is 32.1. The van der Waals surface area contributed by atoms with Gasteiger partial charge in [-0.05, 0) is 36.1 Å². The molecule has 3 N–H and O–H groups in total. The third kappa shape index (κ3) is 4.01. The summed E-state index contributed by atoms with van der Waals surface area (Å²) in [5.41, 5.74) is 2.90. The molecule has 0 saturated heterocycles. The molecule has 2 nitrogen and oxygen atoms in total. The molecular formula is C16H23FN2S. The molecule has 0 bridgehead atoms. The Kier molecular flexibility index (Phi) is 5.95. The van der Waals surface area contributed by atoms with Crippen molar-refractivity contribution in [1.29, 1.82) is 0 Å². The number of unbranched alkanes of at least 4 members (excludes halogenated alkanes) is 4. The van der Waals surface area contributed by atoms with Crippen LogP contribution in [-0.4, -0.2) is 0 Å². The number of halogens is 1. The molecular weight excluding hydrogens is 271 g/mol. The summed E-state index contributed by atoms with van der Waals surface area (Å²) in [7, 11) is 0. The van der Waals surface area contributed by atoms with Crippen LogP contribution in [0, 0.1) is 5.82 Å². The molecule has 0 radical (unpaired) electrons. The number of hydrogen-bond donors (Lipinski definition) is 2. The molecule has 0 aliphatic rings. The summed E-state index contributed by atoms with van der Waals surface area (Å²) in [6, 6.07) is 7.17. The molecule has 1 unspecified atom stereocenters. The van der Waals surface area contributed by atoms with Crippen molar-refractivity contribution in [2.75, 3.05) is 0 Å². The summed E-state index contributed by atoms with van der Waals surface area (Å²) in [4.78, 5) is 1.20. The van der Waals surface area contributed by atoms with Gasteiger partial charge in [0.15, 0.2) is 0 Å². The van der Waals surface area contributed by atoms with Crippen molar-refractivity contribution in [3.8, 4) is 0 Å². The van der Waals surface area contributed by atoms with Crippen LogP contribution in [0.15, 0.2) is 24.3 Å². The predicted molar refractivity (Wildman–Crippen MR) is 85.2 cm³/mol. The van der Waals surface area contributed by atoms with Crippen molar-refractivity contribution < 1.29 is 4.39 Å². The van der Waals surface area contributed by atoms with Gasteiger partial charge in [0.25, 0.3) is 0 Å². The molecule has 0 amide bonds. The fourth-order valence-electron chi connectivity index (χ4n) is 2.47. The van der Waals surface area contributed by atoms with Crippen molar-refractivity contribution in [1.82, 2.24) is 5.43 Å². The molecule has 2 aromatic rings. The first-order valence-electron chi connectivity index (χ1n) is 7.39. The Balaban J connectivity index is 1.98. The lowest BCUT2D eigenvalue weighted by Crippen LogP contribution is -2.27. The maximum atomic E-state index is 13.2. The van der Waals surface area contributed by atoms with Gasteiger partial charge in [-0.25, -0.2) is 4.39 Å². The average Bonchev–Trinajstić information content (AvgIpc) is 2.85. The van der Waals surface area contributed by atoms with Gasteiger partial charge in [0.1, 0.15) is 5.82 Å². The van der Waals surface area contributed by atoms with Crippen LogP contribution >= 0.6 is 11.3 Å². The van der Waals surface area contributed by atoms with Crippen LogP contribution in [0.1, 0.15) is 56.4 Å². The lowest BCUT2D eigenvalue weighted by atomic mass is 10.1. The van der Waals surface area contributed by atoms with Crippen molar-refractivity contribution in [2.24, 2.45) is 5.84 Å². The van der Waals surface area contributed by atoms with E-state index in [1.54, 1.807) is 17.4 Å². The van der Waals surface area contributed by atoms with Gasteiger partial charge in [-0.15, -0.1) is 11.3 Å². The van der Waals surface area contributed by atoms with Crippen LogP contribution in [0.2, 0.25) is 0 Å². The van der Waals surface area contributed by atoms with E-state index in [2.05, 4.69) is 18.4 Å². The smallest absolute Gasteiger partial charge is 0.123 e. The monoisotopic (exact) mass is 294 g/mol. The highest BCUT2D eigenvalue weighted by Gasteiger charge is 2.13. The lowest BCUT2D eigenvalue weighted by Gasteiger charge is -2.13. The number of benzene rings is 1. The standard InChI is InChI=1S/C16H23FN2S/c1-2-3-4-5-6-7-14(19-18)16-11-12-10-13(17)8-9-15(12)20-16/h8-11,14,19H,2-7,18H2,1H3. The van der Waals surface area contributed by atoms with Crippen molar-refractivity contribution in [3.05, 3.63) is 35.0 Å². The van der Waals surface area contributed by atoms with E-state index < -0.39 is 0 Å². The van der Waals surface area contributed by atoms with E-state index in [0.717, 1.165) is 16.5 Å². The first-order valence-corrected chi connectivity index (χ1v) is 8.21. The lowest BCUT2D eigenvalue weighted by molar-refractivity contribution is 0.485. The average molecular weight is 294 g/mol. The highest BCUT2D eigenvalue weighted by Crippen LogP contribution is 2.32. The molecule has 1 heterocycles. The van der Waals surface area contributed by atoms with E-state index in [4.69, 9.17) is 5.84 Å². The van der Waals surface area contributed by atoms with Gasteiger partial charge >= 0.3 is 0 Å². The van der Waals surface area contributed by atoms with Crippen molar-refractivity contribution in [3.63, 3.8) is 0 Å². The quantitative estimate of drug-likeness (QED) is 0.412. The van der Waals surface area contributed by atoms with E-state index in [1.165, 1.54) is 43.0 Å². The summed E-state index contributed by atoms with van der Waals surface area (Å²) >= 11 is 1.70. The van der Waals surface area contributed by atoms with Gasteiger partial charge in [-0.2, -0.15) is 0 Å². The van der Waals surface area contributed by atoms with Crippen LogP contribution in [0.5, 0.6) is 0 Å². The number of hydrazine groups is 1. The Morgan fingerprint density at radius 2 is 2.00 bits per heavy atom. The molecule has 0 aliphatic carbocycles. The second-order valence-electron chi connectivity index (χ2n) is 5.25. The Hall–Kier alpha value is -0.970. The number of hydrogen-bond acceptors (Lipinski definition) is 3. The third-order valence-corrected chi connectivity index (χ3v) is 4.87. The summed E-state index contributed by atoms with van der Waals surface area (Å²) in [6.45, 7) is 2.22. The van der Waals surface area contributed by atoms with Gasteiger partial charge in [0, 0.05) is 9.58 Å². The van der Waals surface area contributed by atoms with Crippen LogP contribution in [-0.2, 0) is 0 Å². The topological polar surface area (TPSA) is 38.0 Å². The van der Waals surface area contributed by atoms with Gasteiger partial charge < -0.3 is 0 Å². The molecule has 1 aromatic carbocycles. The number of nitrogens with two attached hydrogens (primary N) is 1. The Morgan fingerprint density at radius 1 is 1.20 bits per heavy atom. The van der Waals surface area contributed by atoms with Crippen LogP contribution in [0.3, 0.4) is 0 Å². The molecule has 0 aliphatic heterocycles. The van der Waals surface area contributed by atoms with Crippen LogP contribution in [0.25, 0.3) is 10.1 Å². The zero-order chi connectivity index (χ0) is 14.4. The van der Waals surface area contributed by atoms with E-state index in [9.17, 15) is 4.39 Å². The van der Waals surface area contributed by atoms with Crippen molar-refractivity contribution >= 4 is 21.4 Å². The highest BCUT2D eigenvalue weighted by molar-refractivity contribution is 7.19. The van der Waals surface area contributed by atoms with Crippen molar-refractivity contribution in [2.45, 2.75) is 51.5 Å². The zero-order valence-corrected chi connectivity index (χ0v) is 12.8. The molecule has 0 fully saturated rings. The van der Waals surface area contributed by atoms with E-state index in [0.29, 0.717) is 0 Å². The fourth-order valence-corrected chi connectivity index (χ4v) is 3.61. The SMILES string of the molecule is CCCCCCCC(NN)c1cc2cc(F)ccc2s1. The molecule has 0 spiro atoms. The predicted octanol–water partition coefficient (Wildman–Crippen LogP) is 4.91. The van der Waals surface area contributed by atoms with E-state index in [-0.39, 0.29) is 11.9 Å². The minimum Gasteiger partial charge on any atom is -0.271 e. The summed E-state index contributed by atoms with van der Waals surface area (Å²) in [5.74, 6) is 5.50. The summed E-state index contributed by atoms with van der Waals surface area (Å²) in [6.07, 6.45) is 7.34. The summed E-state index contributed by atoms with van der Waals surface area (Å²) in [5, 5.41) is 0.969. The minimum absolute atomic E-state index is 0.178. The number of rotatable bonds is 8. The number of thiophene rings is 1. The first kappa shape index (κ1) is 15.4. The second kappa shape index (κ2) is 7.72. The molecule has 110 valence electrons. The van der Waals surface area contributed by atoms with E-state index >= 15 is 0 Å². The molecule has 1 aromatic heterocycles. The number of fused-ring (bicyclic) bond motifs is 1. The molecule has 20 heavy (non-hydrogen) atoms. The molecule has 1 atom stereocenters. The van der Waals surface area contributed by atoms with Gasteiger partial charge in [0.05, 0.1) is 6.04 Å². The molecule has 4 heteroatoms. The second-order valence-corrected chi connectivity index (χ2v) is 6.37. The first-order chi connectivity index (χ1) is 9.74. The third-order valence-electron chi connectivity index (χ3n) is 3.64. The minimum atomic E-state index is -0.182. The fraction of sp³-hybridized carbons (Fsp3) is 0.500. The summed E-state index contributed by atoms with van der Waals surface area (Å²) < 4.78 is 14.3. The maximum Gasteiger partial charge on any atom is 0.123 e. The Bertz CT molecular complexity index is 538. The normalized spacial score (nSPS) is 12.9. The molecule has 0 saturated carbocycles. The van der Waals surface area contributed by atoms with Gasteiger partial charge in [-0.1, -0.05) is 39.0 Å². The van der Waals surface area contributed by atoms with E-state index in [1.807, 2.05) is 6.07 Å². The van der Waals surface area contributed by atoms with Crippen LogP contribution in [0.4, 0.5) is 4.39 Å². The van der Waals surface area contributed by atoms with Gasteiger partial charge in [-0.3, -0.25) is 11.3 Å². The number of nitrogens with one attached hydrogen (secondary N) is 1. The zero-order valence-electron chi connectivity index (χ0n) is 12.0.